The van der Waals surface area contributed by atoms with Crippen molar-refractivity contribution >= 4 is 28.5 Å². The largest absolute Gasteiger partial charge is 0.421 e. The van der Waals surface area contributed by atoms with Crippen LogP contribution >= 0.6 is 11.6 Å². The number of nitrogens with zero attached hydrogens (tertiary/aromatic N) is 4. The lowest BCUT2D eigenvalue weighted by molar-refractivity contribution is 0.208. The number of H-pyrrole nitrogens is 1. The van der Waals surface area contributed by atoms with Gasteiger partial charge in [0.05, 0.1) is 16.5 Å². The van der Waals surface area contributed by atoms with Gasteiger partial charge in [-0.05, 0) is 25.1 Å². The number of ether oxygens (including phenoxy) is 1. The molecule has 0 radical (unpaired) electrons. The fourth-order valence-electron chi connectivity index (χ4n) is 2.67. The number of fused-ring (bicyclic) bond motifs is 1. The van der Waals surface area contributed by atoms with E-state index in [1.54, 1.807) is 13.0 Å². The van der Waals surface area contributed by atoms with Crippen molar-refractivity contribution in [1.82, 2.24) is 25.1 Å². The Morgan fingerprint density at radius 2 is 2.07 bits per heavy atom. The highest BCUT2D eigenvalue weighted by Gasteiger charge is 2.16. The molecule has 1 atom stereocenters. The van der Waals surface area contributed by atoms with Crippen LogP contribution in [0.5, 0.6) is 11.8 Å². The zero-order chi connectivity index (χ0) is 21.3. The summed E-state index contributed by atoms with van der Waals surface area (Å²) in [6, 6.07) is 4.48. The Kier molecular flexibility index (Phi) is 5.42. The van der Waals surface area contributed by atoms with E-state index in [0.29, 0.717) is 45.7 Å². The highest BCUT2D eigenvalue weighted by Crippen LogP contribution is 2.33. The van der Waals surface area contributed by atoms with Crippen molar-refractivity contribution in [3.63, 3.8) is 0 Å². The summed E-state index contributed by atoms with van der Waals surface area (Å²) in [5, 5.41) is 20.3. The molecular weight excluding hydrogens is 418 g/mol. The molecule has 0 saturated carbocycles. The summed E-state index contributed by atoms with van der Waals surface area (Å²) in [4.78, 5) is 12.4. The molecule has 11 heteroatoms. The highest BCUT2D eigenvalue weighted by molar-refractivity contribution is 6.33. The van der Waals surface area contributed by atoms with Gasteiger partial charge in [-0.2, -0.15) is 10.1 Å². The Balaban J connectivity index is 1.65. The normalized spacial score (nSPS) is 12.2. The van der Waals surface area contributed by atoms with Crippen LogP contribution < -0.4 is 10.1 Å². The first-order valence-corrected chi connectivity index (χ1v) is 9.20. The van der Waals surface area contributed by atoms with Gasteiger partial charge in [-0.1, -0.05) is 11.6 Å². The summed E-state index contributed by atoms with van der Waals surface area (Å²) < 4.78 is 32.1. The van der Waals surface area contributed by atoms with Crippen molar-refractivity contribution in [1.29, 1.82) is 0 Å². The van der Waals surface area contributed by atoms with E-state index < -0.39 is 17.7 Å². The Bertz CT molecular complexity index is 1220. The van der Waals surface area contributed by atoms with Crippen LogP contribution in [-0.4, -0.2) is 42.9 Å². The first-order chi connectivity index (χ1) is 14.4. The van der Waals surface area contributed by atoms with Gasteiger partial charge in [0.1, 0.15) is 17.3 Å². The number of aromatic nitrogens is 5. The summed E-state index contributed by atoms with van der Waals surface area (Å²) in [7, 11) is 0. The Hall–Kier alpha value is -3.37. The number of hydrogen-bond acceptors (Lipinski definition) is 7. The third-order valence-corrected chi connectivity index (χ3v) is 4.38. The molecule has 0 unspecified atom stereocenters. The number of anilines is 1. The predicted octanol–water partition coefficient (Wildman–Crippen LogP) is 3.93. The number of pyridine rings is 1. The van der Waals surface area contributed by atoms with Gasteiger partial charge in [0.25, 0.3) is 0 Å². The van der Waals surface area contributed by atoms with Crippen LogP contribution in [0.3, 0.4) is 0 Å². The molecule has 1 aromatic carbocycles. The van der Waals surface area contributed by atoms with Crippen LogP contribution in [0.25, 0.3) is 22.3 Å². The minimum atomic E-state index is -0.871. The molecule has 0 fully saturated rings. The number of halogens is 3. The standard InChI is InChI=1S/C19H15ClF2N6O2/c1-9(29)6-23-16-5-11(13(20)8-24-16)17-12-7-25-19(26-18(12)28-27-17)30-15-3-2-10(21)4-14(15)22/h2-5,7-9,29H,6H2,1H3,(H,23,24)(H,25,26,27,28)/t9-/m0/s1. The molecule has 0 spiro atoms. The molecule has 30 heavy (non-hydrogen) atoms. The molecule has 0 aliphatic rings. The molecule has 0 aliphatic heterocycles. The average Bonchev–Trinajstić information content (AvgIpc) is 3.12. The van der Waals surface area contributed by atoms with Gasteiger partial charge in [-0.25, -0.2) is 18.7 Å². The molecule has 0 amide bonds. The second kappa shape index (κ2) is 8.17. The molecule has 3 N–H and O–H groups in total. The molecule has 3 aromatic heterocycles. The number of aliphatic hydroxyl groups excluding tert-OH is 1. The van der Waals surface area contributed by atoms with Gasteiger partial charge in [0.15, 0.2) is 17.2 Å². The maximum atomic E-state index is 13.8. The fraction of sp³-hybridized carbons (Fsp3) is 0.158. The van der Waals surface area contributed by atoms with Gasteiger partial charge in [-0.3, -0.25) is 5.10 Å². The lowest BCUT2D eigenvalue weighted by Gasteiger charge is -2.09. The highest BCUT2D eigenvalue weighted by atomic mass is 35.5. The van der Waals surface area contributed by atoms with Crippen molar-refractivity contribution in [3.05, 3.63) is 53.3 Å². The SMILES string of the molecule is C[C@H](O)CNc1cc(-c2n[nH]c3nc(Oc4ccc(F)cc4F)ncc23)c(Cl)cn1. The van der Waals surface area contributed by atoms with E-state index >= 15 is 0 Å². The number of nitrogens with one attached hydrogen (secondary N) is 2. The van der Waals surface area contributed by atoms with Gasteiger partial charge < -0.3 is 15.2 Å². The zero-order valence-corrected chi connectivity index (χ0v) is 16.3. The van der Waals surface area contributed by atoms with E-state index in [9.17, 15) is 13.9 Å². The Morgan fingerprint density at radius 3 is 2.83 bits per heavy atom. The van der Waals surface area contributed by atoms with E-state index in [0.717, 1.165) is 12.1 Å². The van der Waals surface area contributed by atoms with Gasteiger partial charge >= 0.3 is 6.01 Å². The molecule has 0 bridgehead atoms. The van der Waals surface area contributed by atoms with Crippen LogP contribution in [0.2, 0.25) is 5.02 Å². The number of aliphatic hydroxyl groups is 1. The second-order valence-electron chi connectivity index (χ2n) is 6.44. The summed E-state index contributed by atoms with van der Waals surface area (Å²) >= 11 is 6.29. The molecule has 0 aliphatic carbocycles. The van der Waals surface area contributed by atoms with Crippen LogP contribution in [0, 0.1) is 11.6 Å². The smallest absolute Gasteiger partial charge is 0.324 e. The monoisotopic (exact) mass is 432 g/mol. The van der Waals surface area contributed by atoms with Crippen LogP contribution in [0.4, 0.5) is 14.6 Å². The van der Waals surface area contributed by atoms with Crippen LogP contribution in [0.15, 0.2) is 36.7 Å². The van der Waals surface area contributed by atoms with Crippen LogP contribution in [0.1, 0.15) is 6.92 Å². The third-order valence-electron chi connectivity index (χ3n) is 4.08. The topological polar surface area (TPSA) is 109 Å². The molecule has 0 saturated heterocycles. The Morgan fingerprint density at radius 1 is 1.23 bits per heavy atom. The van der Waals surface area contributed by atoms with E-state index in [4.69, 9.17) is 16.3 Å². The quantitative estimate of drug-likeness (QED) is 0.423. The number of rotatable bonds is 6. The first-order valence-electron chi connectivity index (χ1n) is 8.82. The molecule has 4 rings (SSSR count). The van der Waals surface area contributed by atoms with Crippen molar-refractivity contribution in [3.8, 4) is 23.0 Å². The summed E-state index contributed by atoms with van der Waals surface area (Å²) in [6.45, 7) is 1.97. The minimum absolute atomic E-state index is 0.136. The molecule has 3 heterocycles. The van der Waals surface area contributed by atoms with Crippen molar-refractivity contribution < 1.29 is 18.6 Å². The maximum absolute atomic E-state index is 13.8. The van der Waals surface area contributed by atoms with Crippen molar-refractivity contribution in [2.45, 2.75) is 13.0 Å². The predicted molar refractivity (Wildman–Crippen MR) is 107 cm³/mol. The van der Waals surface area contributed by atoms with E-state index in [1.807, 2.05) is 0 Å². The lowest BCUT2D eigenvalue weighted by Crippen LogP contribution is -2.16. The zero-order valence-electron chi connectivity index (χ0n) is 15.5. The summed E-state index contributed by atoms with van der Waals surface area (Å²) in [5.41, 5.74) is 1.40. The summed E-state index contributed by atoms with van der Waals surface area (Å²) in [5.74, 6) is -1.28. The Labute approximate surface area is 173 Å². The molecular formula is C19H15ClF2N6O2. The number of aromatic amines is 1. The van der Waals surface area contributed by atoms with Crippen molar-refractivity contribution in [2.75, 3.05) is 11.9 Å². The van der Waals surface area contributed by atoms with Crippen LogP contribution in [-0.2, 0) is 0 Å². The number of benzene rings is 1. The van der Waals surface area contributed by atoms with E-state index in [-0.39, 0.29) is 11.8 Å². The van der Waals surface area contributed by atoms with Crippen molar-refractivity contribution in [2.24, 2.45) is 0 Å². The van der Waals surface area contributed by atoms with E-state index in [1.165, 1.54) is 12.4 Å². The molecule has 8 nitrogen and oxygen atoms in total. The first kappa shape index (κ1) is 19.9. The second-order valence-corrected chi connectivity index (χ2v) is 6.85. The molecule has 4 aromatic rings. The van der Waals surface area contributed by atoms with Gasteiger partial charge in [0, 0.05) is 30.6 Å². The summed E-state index contributed by atoms with van der Waals surface area (Å²) in [6.07, 6.45) is 2.38. The fourth-order valence-corrected chi connectivity index (χ4v) is 2.87. The number of hydrogen-bond donors (Lipinski definition) is 3. The van der Waals surface area contributed by atoms with E-state index in [2.05, 4.69) is 30.5 Å². The molecule has 154 valence electrons. The third kappa shape index (κ3) is 4.14. The average molecular weight is 433 g/mol. The minimum Gasteiger partial charge on any atom is -0.421 e. The van der Waals surface area contributed by atoms with Gasteiger partial charge in [0.2, 0.25) is 0 Å². The maximum Gasteiger partial charge on any atom is 0.324 e. The lowest BCUT2D eigenvalue weighted by atomic mass is 10.1. The van der Waals surface area contributed by atoms with Gasteiger partial charge in [-0.15, -0.1) is 0 Å².